The van der Waals surface area contributed by atoms with Gasteiger partial charge < -0.3 is 15.2 Å². The molecular weight excluding hydrogens is 349 g/mol. The smallest absolute Gasteiger partial charge is 0.368 e. The fourth-order valence-corrected chi connectivity index (χ4v) is 2.69. The van der Waals surface area contributed by atoms with Crippen LogP contribution in [0, 0.1) is 6.92 Å². The quantitative estimate of drug-likeness (QED) is 0.566. The molecular formula is C16H11F3N6O. The van der Waals surface area contributed by atoms with Crippen molar-refractivity contribution in [3.05, 3.63) is 42.0 Å². The SMILES string of the molecule is Cc1nc(-c2ccc3c(-c4nc(N)ncc4C(F)(F)F)c[nH]c3c2)no1. The first-order valence-corrected chi connectivity index (χ1v) is 7.45. The summed E-state index contributed by atoms with van der Waals surface area (Å²) in [5, 5.41) is 4.38. The number of nitrogens with two attached hydrogens (primary N) is 1. The van der Waals surface area contributed by atoms with Crippen LogP contribution in [0.1, 0.15) is 11.5 Å². The molecule has 4 rings (SSSR count). The highest BCUT2D eigenvalue weighted by atomic mass is 19.4. The van der Waals surface area contributed by atoms with Gasteiger partial charge in [-0.1, -0.05) is 17.3 Å². The van der Waals surface area contributed by atoms with Gasteiger partial charge in [-0.25, -0.2) is 9.97 Å². The molecule has 3 heterocycles. The van der Waals surface area contributed by atoms with Crippen LogP contribution in [0.3, 0.4) is 0 Å². The first-order valence-electron chi connectivity index (χ1n) is 7.45. The van der Waals surface area contributed by atoms with Gasteiger partial charge in [-0.3, -0.25) is 0 Å². The van der Waals surface area contributed by atoms with Crippen LogP contribution in [0.25, 0.3) is 33.5 Å². The first kappa shape index (κ1) is 16.1. The molecule has 0 radical (unpaired) electrons. The summed E-state index contributed by atoms with van der Waals surface area (Å²) >= 11 is 0. The van der Waals surface area contributed by atoms with Crippen molar-refractivity contribution < 1.29 is 17.7 Å². The van der Waals surface area contributed by atoms with E-state index in [0.29, 0.717) is 34.4 Å². The zero-order valence-corrected chi connectivity index (χ0v) is 13.3. The van der Waals surface area contributed by atoms with E-state index in [-0.39, 0.29) is 17.2 Å². The van der Waals surface area contributed by atoms with E-state index in [9.17, 15) is 13.2 Å². The number of nitrogens with one attached hydrogen (secondary N) is 1. The molecule has 0 aliphatic heterocycles. The molecule has 26 heavy (non-hydrogen) atoms. The van der Waals surface area contributed by atoms with Crippen molar-refractivity contribution in [1.29, 1.82) is 0 Å². The average molecular weight is 360 g/mol. The first-order chi connectivity index (χ1) is 12.3. The molecule has 0 saturated carbocycles. The molecule has 0 atom stereocenters. The molecule has 0 aliphatic carbocycles. The van der Waals surface area contributed by atoms with Crippen LogP contribution in [0.4, 0.5) is 19.1 Å². The van der Waals surface area contributed by atoms with Gasteiger partial charge in [-0.15, -0.1) is 0 Å². The number of hydrogen-bond donors (Lipinski definition) is 2. The van der Waals surface area contributed by atoms with E-state index in [4.69, 9.17) is 10.3 Å². The van der Waals surface area contributed by atoms with E-state index in [1.54, 1.807) is 25.1 Å². The average Bonchev–Trinajstić information content (AvgIpc) is 3.19. The summed E-state index contributed by atoms with van der Waals surface area (Å²) in [7, 11) is 0. The monoisotopic (exact) mass is 360 g/mol. The molecule has 3 aromatic heterocycles. The second-order valence-corrected chi connectivity index (χ2v) is 5.59. The minimum atomic E-state index is -4.60. The van der Waals surface area contributed by atoms with Crippen molar-refractivity contribution in [1.82, 2.24) is 25.1 Å². The number of nitrogen functional groups attached to an aromatic ring is 1. The van der Waals surface area contributed by atoms with Crippen LogP contribution in [0.15, 0.2) is 35.1 Å². The highest BCUT2D eigenvalue weighted by Crippen LogP contribution is 2.38. The van der Waals surface area contributed by atoms with Crippen molar-refractivity contribution >= 4 is 16.9 Å². The number of aromatic nitrogens is 5. The number of nitrogens with zero attached hydrogens (tertiary/aromatic N) is 4. The van der Waals surface area contributed by atoms with Crippen LogP contribution in [-0.4, -0.2) is 25.1 Å². The number of benzene rings is 1. The molecule has 0 bridgehead atoms. The van der Waals surface area contributed by atoms with Gasteiger partial charge >= 0.3 is 6.18 Å². The summed E-state index contributed by atoms with van der Waals surface area (Å²) in [5.41, 5.74) is 5.81. The van der Waals surface area contributed by atoms with Crippen LogP contribution < -0.4 is 5.73 Å². The van der Waals surface area contributed by atoms with E-state index >= 15 is 0 Å². The normalized spacial score (nSPS) is 12.0. The van der Waals surface area contributed by atoms with Gasteiger partial charge in [0, 0.05) is 41.3 Å². The van der Waals surface area contributed by atoms with Crippen molar-refractivity contribution in [3.63, 3.8) is 0 Å². The van der Waals surface area contributed by atoms with Crippen molar-refractivity contribution in [2.45, 2.75) is 13.1 Å². The standard InChI is InChI=1S/C16H11F3N6O/c1-7-23-14(25-26-7)8-2-3-9-10(5-21-12(9)4-8)13-11(16(17,18)19)6-22-15(20)24-13/h2-6,21H,1H3,(H2,20,22,24). The maximum atomic E-state index is 13.3. The molecule has 1 aromatic carbocycles. The highest BCUT2D eigenvalue weighted by molar-refractivity contribution is 5.97. The minimum absolute atomic E-state index is 0.235. The molecule has 4 aromatic rings. The third kappa shape index (κ3) is 2.65. The fraction of sp³-hybridized carbons (Fsp3) is 0.125. The molecule has 10 heteroatoms. The summed E-state index contributed by atoms with van der Waals surface area (Å²) in [6.07, 6.45) is -2.46. The van der Waals surface area contributed by atoms with E-state index in [0.717, 1.165) is 0 Å². The van der Waals surface area contributed by atoms with E-state index in [1.807, 2.05) is 0 Å². The molecule has 7 nitrogen and oxygen atoms in total. The lowest BCUT2D eigenvalue weighted by molar-refractivity contribution is -0.137. The van der Waals surface area contributed by atoms with Crippen LogP contribution in [0.2, 0.25) is 0 Å². The molecule has 3 N–H and O–H groups in total. The van der Waals surface area contributed by atoms with Crippen molar-refractivity contribution in [3.8, 4) is 22.6 Å². The molecule has 0 unspecified atom stereocenters. The number of aromatic amines is 1. The Labute approximate surface area is 144 Å². The van der Waals surface area contributed by atoms with E-state index < -0.39 is 11.7 Å². The van der Waals surface area contributed by atoms with Gasteiger partial charge in [0.05, 0.1) is 5.69 Å². The topological polar surface area (TPSA) is 107 Å². The summed E-state index contributed by atoms with van der Waals surface area (Å²) in [5.74, 6) is 0.572. The summed E-state index contributed by atoms with van der Waals surface area (Å²) in [4.78, 5) is 14.3. The number of fused-ring (bicyclic) bond motifs is 1. The van der Waals surface area contributed by atoms with Gasteiger partial charge in [-0.05, 0) is 6.07 Å². The zero-order valence-electron chi connectivity index (χ0n) is 13.3. The predicted octanol–water partition coefficient (Wildman–Crippen LogP) is 3.58. The maximum Gasteiger partial charge on any atom is 0.419 e. The van der Waals surface area contributed by atoms with Crippen LogP contribution in [0.5, 0.6) is 0 Å². The Kier molecular flexibility index (Phi) is 3.43. The van der Waals surface area contributed by atoms with Gasteiger partial charge in [0.15, 0.2) is 0 Å². The number of anilines is 1. The Bertz CT molecular complexity index is 1110. The molecule has 132 valence electrons. The maximum absolute atomic E-state index is 13.3. The minimum Gasteiger partial charge on any atom is -0.368 e. The lowest BCUT2D eigenvalue weighted by Gasteiger charge is -2.11. The van der Waals surface area contributed by atoms with Gasteiger partial charge in [0.1, 0.15) is 5.56 Å². The number of aryl methyl sites for hydroxylation is 1. The summed E-state index contributed by atoms with van der Waals surface area (Å²) in [6, 6.07) is 5.09. The number of alkyl halides is 3. The highest BCUT2D eigenvalue weighted by Gasteiger charge is 2.36. The third-order valence-corrected chi connectivity index (χ3v) is 3.84. The number of halogens is 3. The molecule has 0 amide bonds. The third-order valence-electron chi connectivity index (χ3n) is 3.84. The number of rotatable bonds is 2. The zero-order chi connectivity index (χ0) is 18.5. The van der Waals surface area contributed by atoms with Gasteiger partial charge in [-0.2, -0.15) is 18.2 Å². The van der Waals surface area contributed by atoms with Crippen molar-refractivity contribution in [2.75, 3.05) is 5.73 Å². The molecule has 0 fully saturated rings. The van der Waals surface area contributed by atoms with Crippen molar-refractivity contribution in [2.24, 2.45) is 0 Å². The fourth-order valence-electron chi connectivity index (χ4n) is 2.69. The molecule has 0 aliphatic rings. The summed E-state index contributed by atoms with van der Waals surface area (Å²) in [6.45, 7) is 1.67. The molecule has 0 saturated heterocycles. The molecule has 0 spiro atoms. The Balaban J connectivity index is 1.88. The Morgan fingerprint density at radius 1 is 1.19 bits per heavy atom. The van der Waals surface area contributed by atoms with E-state index in [1.165, 1.54) is 6.20 Å². The van der Waals surface area contributed by atoms with Crippen LogP contribution >= 0.6 is 0 Å². The Morgan fingerprint density at radius 2 is 2.00 bits per heavy atom. The lowest BCUT2D eigenvalue weighted by Crippen LogP contribution is -2.10. The predicted molar refractivity (Wildman–Crippen MR) is 86.8 cm³/mol. The van der Waals surface area contributed by atoms with Gasteiger partial charge in [0.25, 0.3) is 0 Å². The largest absolute Gasteiger partial charge is 0.419 e. The number of hydrogen-bond acceptors (Lipinski definition) is 6. The van der Waals surface area contributed by atoms with Gasteiger partial charge in [0.2, 0.25) is 17.7 Å². The summed E-state index contributed by atoms with van der Waals surface area (Å²) < 4.78 is 44.9. The second kappa shape index (κ2) is 5.55. The lowest BCUT2D eigenvalue weighted by atomic mass is 10.0. The van der Waals surface area contributed by atoms with Crippen LogP contribution in [-0.2, 0) is 6.18 Å². The second-order valence-electron chi connectivity index (χ2n) is 5.59. The Hall–Kier alpha value is -3.43. The van der Waals surface area contributed by atoms with E-state index in [2.05, 4.69) is 25.1 Å². The number of H-pyrrole nitrogens is 1. The Morgan fingerprint density at radius 3 is 2.69 bits per heavy atom.